The van der Waals surface area contributed by atoms with E-state index in [4.69, 9.17) is 10.8 Å². The molecule has 1 aromatic carbocycles. The van der Waals surface area contributed by atoms with Crippen LogP contribution in [0.1, 0.15) is 17.3 Å². The Hall–Kier alpha value is -1.81. The summed E-state index contributed by atoms with van der Waals surface area (Å²) < 4.78 is 61.9. The Morgan fingerprint density at radius 3 is 2.38 bits per heavy atom. The van der Waals surface area contributed by atoms with Gasteiger partial charge in [0.25, 0.3) is 0 Å². The number of hydrogen-bond acceptors (Lipinski definition) is 4. The number of anilines is 1. The molecular formula is C11H13F3N2O4S. The second-order valence-electron chi connectivity index (χ2n) is 4.11. The van der Waals surface area contributed by atoms with Crippen molar-refractivity contribution in [1.29, 1.82) is 0 Å². The lowest BCUT2D eigenvalue weighted by molar-refractivity contribution is -0.135. The first-order valence-electron chi connectivity index (χ1n) is 5.68. The number of sulfonamides is 1. The van der Waals surface area contributed by atoms with Crippen LogP contribution in [0, 0.1) is 0 Å². The van der Waals surface area contributed by atoms with Crippen molar-refractivity contribution in [1.82, 2.24) is 4.31 Å². The Labute approximate surface area is 119 Å². The van der Waals surface area contributed by atoms with E-state index in [0.717, 1.165) is 18.2 Å². The van der Waals surface area contributed by atoms with Crippen molar-refractivity contribution in [2.24, 2.45) is 0 Å². The van der Waals surface area contributed by atoms with E-state index in [1.165, 1.54) is 6.92 Å². The smallest absolute Gasteiger partial charge is 0.402 e. The molecule has 6 nitrogen and oxygen atoms in total. The number of aromatic carboxylic acids is 1. The van der Waals surface area contributed by atoms with E-state index in [1.54, 1.807) is 0 Å². The summed E-state index contributed by atoms with van der Waals surface area (Å²) >= 11 is 0. The third kappa shape index (κ3) is 4.08. The van der Waals surface area contributed by atoms with Crippen LogP contribution in [0.4, 0.5) is 18.9 Å². The number of nitrogen functional groups attached to an aromatic ring is 1. The van der Waals surface area contributed by atoms with Gasteiger partial charge in [0.15, 0.2) is 0 Å². The van der Waals surface area contributed by atoms with Crippen molar-refractivity contribution in [2.45, 2.75) is 18.0 Å². The van der Waals surface area contributed by atoms with E-state index in [-0.39, 0.29) is 9.99 Å². The molecule has 0 aliphatic heterocycles. The molecule has 21 heavy (non-hydrogen) atoms. The summed E-state index contributed by atoms with van der Waals surface area (Å²) in [6.07, 6.45) is -4.74. The Morgan fingerprint density at radius 1 is 1.38 bits per heavy atom. The molecule has 0 aliphatic carbocycles. The molecule has 1 aromatic rings. The summed E-state index contributed by atoms with van der Waals surface area (Å²) in [6, 6.07) is 2.92. The number of hydrogen-bond donors (Lipinski definition) is 2. The predicted molar refractivity (Wildman–Crippen MR) is 68.3 cm³/mol. The third-order valence-electron chi connectivity index (χ3n) is 2.56. The van der Waals surface area contributed by atoms with Gasteiger partial charge in [-0.2, -0.15) is 17.5 Å². The number of alkyl halides is 3. The molecule has 3 N–H and O–H groups in total. The van der Waals surface area contributed by atoms with Crippen LogP contribution in [-0.2, 0) is 10.0 Å². The van der Waals surface area contributed by atoms with Crippen LogP contribution in [-0.4, -0.2) is 43.1 Å². The SMILES string of the molecule is CCN(CC(F)(F)F)S(=O)(=O)c1cc(N)ccc1C(=O)O. The van der Waals surface area contributed by atoms with Gasteiger partial charge in [-0.15, -0.1) is 0 Å². The average molecular weight is 326 g/mol. The summed E-state index contributed by atoms with van der Waals surface area (Å²) in [5, 5.41) is 8.96. The van der Waals surface area contributed by atoms with Gasteiger partial charge >= 0.3 is 12.1 Å². The minimum Gasteiger partial charge on any atom is -0.478 e. The molecule has 1 rings (SSSR count). The van der Waals surface area contributed by atoms with Crippen LogP contribution in [0.3, 0.4) is 0 Å². The Kier molecular flexibility index (Phi) is 4.84. The zero-order chi connectivity index (χ0) is 16.4. The molecular weight excluding hydrogens is 313 g/mol. The highest BCUT2D eigenvalue weighted by Gasteiger charge is 2.37. The van der Waals surface area contributed by atoms with E-state index >= 15 is 0 Å². The predicted octanol–water partition coefficient (Wildman–Crippen LogP) is 1.54. The molecule has 0 atom stereocenters. The maximum Gasteiger partial charge on any atom is 0.402 e. The quantitative estimate of drug-likeness (QED) is 0.799. The minimum absolute atomic E-state index is 0.0679. The number of carboxylic acids is 1. The van der Waals surface area contributed by atoms with Crippen LogP contribution < -0.4 is 5.73 Å². The molecule has 0 saturated heterocycles. The molecule has 0 radical (unpaired) electrons. The van der Waals surface area contributed by atoms with Gasteiger partial charge in [0.2, 0.25) is 10.0 Å². The Morgan fingerprint density at radius 2 is 1.95 bits per heavy atom. The van der Waals surface area contributed by atoms with E-state index < -0.39 is 45.7 Å². The van der Waals surface area contributed by atoms with Crippen LogP contribution in [0.15, 0.2) is 23.1 Å². The summed E-state index contributed by atoms with van der Waals surface area (Å²) in [6.45, 7) is -0.953. The molecule has 0 fully saturated rings. The van der Waals surface area contributed by atoms with Crippen LogP contribution in [0.2, 0.25) is 0 Å². The van der Waals surface area contributed by atoms with Crippen molar-refractivity contribution >= 4 is 21.7 Å². The number of rotatable bonds is 5. The number of nitrogens with zero attached hydrogens (tertiary/aromatic N) is 1. The summed E-state index contributed by atoms with van der Waals surface area (Å²) in [5.74, 6) is -1.57. The average Bonchev–Trinajstić information content (AvgIpc) is 2.34. The number of benzene rings is 1. The lowest BCUT2D eigenvalue weighted by atomic mass is 10.2. The molecule has 0 aromatic heterocycles. The maximum atomic E-state index is 12.4. The highest BCUT2D eigenvalue weighted by atomic mass is 32.2. The van der Waals surface area contributed by atoms with E-state index in [9.17, 15) is 26.4 Å². The lowest BCUT2D eigenvalue weighted by Crippen LogP contribution is -2.39. The monoisotopic (exact) mass is 326 g/mol. The van der Waals surface area contributed by atoms with Gasteiger partial charge in [-0.3, -0.25) is 0 Å². The lowest BCUT2D eigenvalue weighted by Gasteiger charge is -2.22. The van der Waals surface area contributed by atoms with E-state index in [2.05, 4.69) is 0 Å². The minimum atomic E-state index is -4.74. The van der Waals surface area contributed by atoms with Gasteiger partial charge in [0.1, 0.15) is 6.54 Å². The number of carboxylic acid groups (broad SMARTS) is 1. The Bertz CT molecular complexity index is 643. The van der Waals surface area contributed by atoms with E-state index in [0.29, 0.717) is 0 Å². The maximum absolute atomic E-state index is 12.4. The number of halogens is 3. The van der Waals surface area contributed by atoms with Crippen LogP contribution in [0.25, 0.3) is 0 Å². The molecule has 10 heteroatoms. The summed E-state index contributed by atoms with van der Waals surface area (Å²) in [4.78, 5) is 10.3. The van der Waals surface area contributed by atoms with Gasteiger partial charge in [-0.05, 0) is 18.2 Å². The second-order valence-corrected chi connectivity index (χ2v) is 6.01. The van der Waals surface area contributed by atoms with Crippen molar-refractivity contribution in [3.05, 3.63) is 23.8 Å². The molecule has 0 bridgehead atoms. The van der Waals surface area contributed by atoms with Crippen LogP contribution >= 0.6 is 0 Å². The highest BCUT2D eigenvalue weighted by molar-refractivity contribution is 7.89. The van der Waals surface area contributed by atoms with Crippen molar-refractivity contribution < 1.29 is 31.5 Å². The first-order chi connectivity index (χ1) is 9.49. The molecule has 0 heterocycles. The summed E-state index contributed by atoms with van der Waals surface area (Å²) in [7, 11) is -4.63. The first-order valence-corrected chi connectivity index (χ1v) is 7.12. The number of carbonyl (C=O) groups is 1. The molecule has 0 aliphatic rings. The summed E-state index contributed by atoms with van der Waals surface area (Å²) in [5.41, 5.74) is 4.69. The van der Waals surface area contributed by atoms with Gasteiger partial charge in [0, 0.05) is 12.2 Å². The van der Waals surface area contributed by atoms with Crippen molar-refractivity contribution in [3.63, 3.8) is 0 Å². The molecule has 0 unspecified atom stereocenters. The fraction of sp³-hybridized carbons (Fsp3) is 0.364. The van der Waals surface area contributed by atoms with Gasteiger partial charge in [-0.25, -0.2) is 13.2 Å². The van der Waals surface area contributed by atoms with Crippen molar-refractivity contribution in [2.75, 3.05) is 18.8 Å². The fourth-order valence-electron chi connectivity index (χ4n) is 1.63. The van der Waals surface area contributed by atoms with Crippen molar-refractivity contribution in [3.8, 4) is 0 Å². The van der Waals surface area contributed by atoms with Crippen LogP contribution in [0.5, 0.6) is 0 Å². The van der Waals surface area contributed by atoms with Gasteiger partial charge < -0.3 is 10.8 Å². The first kappa shape index (κ1) is 17.2. The Balaban J connectivity index is 3.42. The zero-order valence-electron chi connectivity index (χ0n) is 10.9. The normalized spacial score (nSPS) is 12.6. The highest BCUT2D eigenvalue weighted by Crippen LogP contribution is 2.26. The molecule has 0 saturated carbocycles. The molecule has 118 valence electrons. The molecule has 0 amide bonds. The largest absolute Gasteiger partial charge is 0.478 e. The topological polar surface area (TPSA) is 101 Å². The zero-order valence-corrected chi connectivity index (χ0v) is 11.7. The standard InChI is InChI=1S/C11H13F3N2O4S/c1-2-16(6-11(12,13)14)21(19,20)9-5-7(15)3-4-8(9)10(17)18/h3-5H,2,6,15H2,1H3,(H,17,18). The third-order valence-corrected chi connectivity index (χ3v) is 4.52. The van der Waals surface area contributed by atoms with Gasteiger partial charge in [-0.1, -0.05) is 6.92 Å². The van der Waals surface area contributed by atoms with Gasteiger partial charge in [0.05, 0.1) is 10.5 Å². The number of nitrogens with two attached hydrogens (primary N) is 1. The van der Waals surface area contributed by atoms with E-state index in [1.807, 2.05) is 0 Å². The second kappa shape index (κ2) is 5.90. The fourth-order valence-corrected chi connectivity index (χ4v) is 3.29. The molecule has 0 spiro atoms.